The average Bonchev–Trinajstić information content (AvgIpc) is 2.19. The summed E-state index contributed by atoms with van der Waals surface area (Å²) in [6.45, 7) is 2.66. The Morgan fingerprint density at radius 3 is 2.86 bits per heavy atom. The van der Waals surface area contributed by atoms with Gasteiger partial charge < -0.3 is 15.7 Å². The minimum atomic E-state index is 0.109. The molecule has 1 saturated heterocycles. The SMILES string of the molecule is Oc1cccc(Cl)c1[C@@H]1CNCCN1. The summed E-state index contributed by atoms with van der Waals surface area (Å²) in [5, 5.41) is 16.9. The maximum absolute atomic E-state index is 9.69. The molecule has 0 bridgehead atoms. The minimum Gasteiger partial charge on any atom is -0.508 e. The number of hydrogen-bond acceptors (Lipinski definition) is 3. The molecule has 1 aliphatic heterocycles. The second-order valence-electron chi connectivity index (χ2n) is 3.38. The maximum atomic E-state index is 9.69. The number of piperazine rings is 1. The first-order valence-corrected chi connectivity index (χ1v) is 5.08. The van der Waals surface area contributed by atoms with Crippen LogP contribution >= 0.6 is 11.6 Å². The number of nitrogens with one attached hydrogen (secondary N) is 2. The highest BCUT2D eigenvalue weighted by molar-refractivity contribution is 6.31. The first-order chi connectivity index (χ1) is 6.79. The van der Waals surface area contributed by atoms with Crippen LogP contribution in [0, 0.1) is 0 Å². The fourth-order valence-electron chi connectivity index (χ4n) is 1.73. The highest BCUT2D eigenvalue weighted by atomic mass is 35.5. The van der Waals surface area contributed by atoms with E-state index in [0.717, 1.165) is 25.2 Å². The molecule has 0 spiro atoms. The van der Waals surface area contributed by atoms with Gasteiger partial charge in [0.1, 0.15) is 5.75 Å². The van der Waals surface area contributed by atoms with Gasteiger partial charge in [0.25, 0.3) is 0 Å². The van der Waals surface area contributed by atoms with Crippen molar-refractivity contribution in [3.05, 3.63) is 28.8 Å². The van der Waals surface area contributed by atoms with Crippen molar-refractivity contribution in [1.82, 2.24) is 10.6 Å². The fraction of sp³-hybridized carbons (Fsp3) is 0.400. The molecule has 0 amide bonds. The summed E-state index contributed by atoms with van der Waals surface area (Å²) in [6.07, 6.45) is 0. The number of aromatic hydroxyl groups is 1. The average molecular weight is 213 g/mol. The Hall–Kier alpha value is -0.770. The summed E-state index contributed by atoms with van der Waals surface area (Å²) in [7, 11) is 0. The molecule has 76 valence electrons. The van der Waals surface area contributed by atoms with Gasteiger partial charge in [-0.3, -0.25) is 0 Å². The zero-order valence-electron chi connectivity index (χ0n) is 7.76. The number of phenols is 1. The van der Waals surface area contributed by atoms with E-state index in [4.69, 9.17) is 11.6 Å². The van der Waals surface area contributed by atoms with E-state index >= 15 is 0 Å². The van der Waals surface area contributed by atoms with E-state index in [1.54, 1.807) is 18.2 Å². The van der Waals surface area contributed by atoms with Gasteiger partial charge in [-0.1, -0.05) is 17.7 Å². The van der Waals surface area contributed by atoms with Crippen molar-refractivity contribution in [2.45, 2.75) is 6.04 Å². The summed E-state index contributed by atoms with van der Waals surface area (Å²) in [5.41, 5.74) is 0.793. The molecule has 3 N–H and O–H groups in total. The molecule has 0 aliphatic carbocycles. The quantitative estimate of drug-likeness (QED) is 0.657. The van der Waals surface area contributed by atoms with Crippen LogP contribution in [0.3, 0.4) is 0 Å². The molecule has 1 heterocycles. The van der Waals surface area contributed by atoms with Crippen LogP contribution in [0.15, 0.2) is 18.2 Å². The largest absolute Gasteiger partial charge is 0.508 e. The van der Waals surface area contributed by atoms with Crippen molar-refractivity contribution in [3.8, 4) is 5.75 Å². The highest BCUT2D eigenvalue weighted by Gasteiger charge is 2.19. The Morgan fingerprint density at radius 1 is 1.36 bits per heavy atom. The molecular formula is C10H13ClN2O. The maximum Gasteiger partial charge on any atom is 0.121 e. The van der Waals surface area contributed by atoms with Gasteiger partial charge in [0.2, 0.25) is 0 Å². The Labute approximate surface area is 88.1 Å². The van der Waals surface area contributed by atoms with Crippen LogP contribution in [-0.4, -0.2) is 24.7 Å². The van der Waals surface area contributed by atoms with Crippen molar-refractivity contribution >= 4 is 11.6 Å². The molecule has 0 saturated carbocycles. The summed E-state index contributed by atoms with van der Waals surface area (Å²) in [5.74, 6) is 0.263. The molecule has 2 rings (SSSR count). The van der Waals surface area contributed by atoms with Crippen LogP contribution in [-0.2, 0) is 0 Å². The monoisotopic (exact) mass is 212 g/mol. The van der Waals surface area contributed by atoms with E-state index in [1.807, 2.05) is 0 Å². The van der Waals surface area contributed by atoms with E-state index < -0.39 is 0 Å². The summed E-state index contributed by atoms with van der Waals surface area (Å²) < 4.78 is 0. The second kappa shape index (κ2) is 4.17. The molecule has 1 aromatic carbocycles. The van der Waals surface area contributed by atoms with E-state index in [1.165, 1.54) is 0 Å². The molecule has 1 fully saturated rings. The van der Waals surface area contributed by atoms with E-state index in [2.05, 4.69) is 10.6 Å². The fourth-order valence-corrected chi connectivity index (χ4v) is 2.03. The van der Waals surface area contributed by atoms with Crippen molar-refractivity contribution < 1.29 is 5.11 Å². The van der Waals surface area contributed by atoms with Crippen LogP contribution in [0.4, 0.5) is 0 Å². The minimum absolute atomic E-state index is 0.109. The Kier molecular flexibility index (Phi) is 2.91. The number of phenolic OH excluding ortho intramolecular Hbond substituents is 1. The Morgan fingerprint density at radius 2 is 2.21 bits per heavy atom. The van der Waals surface area contributed by atoms with Gasteiger partial charge in [-0.15, -0.1) is 0 Å². The lowest BCUT2D eigenvalue weighted by molar-refractivity contribution is 0.404. The van der Waals surface area contributed by atoms with Crippen molar-refractivity contribution in [3.63, 3.8) is 0 Å². The zero-order chi connectivity index (χ0) is 9.97. The lowest BCUT2D eigenvalue weighted by Crippen LogP contribution is -2.42. The molecule has 0 aromatic heterocycles. The van der Waals surface area contributed by atoms with Crippen LogP contribution in [0.5, 0.6) is 5.75 Å². The number of rotatable bonds is 1. The molecule has 4 heteroatoms. The standard InChI is InChI=1S/C10H13ClN2O/c11-7-2-1-3-9(14)10(7)8-6-12-4-5-13-8/h1-3,8,12-14H,4-6H2/t8-/m0/s1. The second-order valence-corrected chi connectivity index (χ2v) is 3.79. The molecule has 14 heavy (non-hydrogen) atoms. The van der Waals surface area contributed by atoms with Gasteiger partial charge in [0.15, 0.2) is 0 Å². The topological polar surface area (TPSA) is 44.3 Å². The zero-order valence-corrected chi connectivity index (χ0v) is 8.51. The van der Waals surface area contributed by atoms with Crippen LogP contribution < -0.4 is 10.6 Å². The number of benzene rings is 1. The van der Waals surface area contributed by atoms with Gasteiger partial charge in [0, 0.05) is 36.3 Å². The third-order valence-corrected chi connectivity index (χ3v) is 2.75. The molecular weight excluding hydrogens is 200 g/mol. The first-order valence-electron chi connectivity index (χ1n) is 4.70. The van der Waals surface area contributed by atoms with E-state index in [-0.39, 0.29) is 11.8 Å². The summed E-state index contributed by atoms with van der Waals surface area (Å²) >= 11 is 6.04. The van der Waals surface area contributed by atoms with E-state index in [9.17, 15) is 5.11 Å². The van der Waals surface area contributed by atoms with Crippen LogP contribution in [0.1, 0.15) is 11.6 Å². The third kappa shape index (κ3) is 1.85. The van der Waals surface area contributed by atoms with Crippen molar-refractivity contribution in [2.24, 2.45) is 0 Å². The van der Waals surface area contributed by atoms with Crippen molar-refractivity contribution in [2.75, 3.05) is 19.6 Å². The van der Waals surface area contributed by atoms with Gasteiger partial charge in [-0.05, 0) is 12.1 Å². The Balaban J connectivity index is 2.29. The lowest BCUT2D eigenvalue weighted by Gasteiger charge is -2.26. The Bertz CT molecular complexity index is 304. The first kappa shape index (κ1) is 9.77. The molecule has 1 atom stereocenters. The summed E-state index contributed by atoms with van der Waals surface area (Å²) in [6, 6.07) is 5.32. The van der Waals surface area contributed by atoms with Crippen LogP contribution in [0.25, 0.3) is 0 Å². The lowest BCUT2D eigenvalue weighted by atomic mass is 10.0. The normalized spacial score (nSPS) is 22.2. The van der Waals surface area contributed by atoms with Gasteiger partial charge in [0.05, 0.1) is 0 Å². The smallest absolute Gasteiger partial charge is 0.121 e. The molecule has 1 aliphatic rings. The third-order valence-electron chi connectivity index (χ3n) is 2.42. The molecule has 1 aromatic rings. The molecule has 3 nitrogen and oxygen atoms in total. The predicted octanol–water partition coefficient (Wildman–Crippen LogP) is 1.28. The van der Waals surface area contributed by atoms with Gasteiger partial charge >= 0.3 is 0 Å². The highest BCUT2D eigenvalue weighted by Crippen LogP contribution is 2.31. The molecule has 0 radical (unpaired) electrons. The number of hydrogen-bond donors (Lipinski definition) is 3. The van der Waals surface area contributed by atoms with Crippen molar-refractivity contribution in [1.29, 1.82) is 0 Å². The predicted molar refractivity (Wildman–Crippen MR) is 56.7 cm³/mol. The number of halogens is 1. The summed E-state index contributed by atoms with van der Waals surface area (Å²) in [4.78, 5) is 0. The van der Waals surface area contributed by atoms with Gasteiger partial charge in [-0.2, -0.15) is 0 Å². The van der Waals surface area contributed by atoms with Crippen LogP contribution in [0.2, 0.25) is 5.02 Å². The van der Waals surface area contributed by atoms with Gasteiger partial charge in [-0.25, -0.2) is 0 Å². The molecule has 0 unspecified atom stereocenters. The van der Waals surface area contributed by atoms with E-state index in [0.29, 0.717) is 5.02 Å².